The lowest BCUT2D eigenvalue weighted by Crippen LogP contribution is -1.81. The van der Waals surface area contributed by atoms with Crippen LogP contribution in [0.25, 0.3) is 11.3 Å². The Morgan fingerprint density at radius 1 is 1.27 bits per heavy atom. The SMILES string of the molecule is Cc1c(Cl)cccc1-c1ccc(C=O)o1. The Bertz CT molecular complexity index is 500. The molecule has 0 fully saturated rings. The van der Waals surface area contributed by atoms with Crippen LogP contribution in [0.5, 0.6) is 0 Å². The molecule has 0 radical (unpaired) electrons. The lowest BCUT2D eigenvalue weighted by atomic mass is 10.1. The van der Waals surface area contributed by atoms with Crippen molar-refractivity contribution in [3.63, 3.8) is 0 Å². The minimum atomic E-state index is 0.323. The first-order valence-electron chi connectivity index (χ1n) is 4.53. The van der Waals surface area contributed by atoms with Gasteiger partial charge in [-0.2, -0.15) is 0 Å². The van der Waals surface area contributed by atoms with Gasteiger partial charge in [0, 0.05) is 10.6 Å². The van der Waals surface area contributed by atoms with Crippen LogP contribution >= 0.6 is 11.6 Å². The Morgan fingerprint density at radius 2 is 2.07 bits per heavy atom. The summed E-state index contributed by atoms with van der Waals surface area (Å²) in [6.45, 7) is 1.92. The summed E-state index contributed by atoms with van der Waals surface area (Å²) in [7, 11) is 0. The average Bonchev–Trinajstić information content (AvgIpc) is 2.70. The van der Waals surface area contributed by atoms with Crippen LogP contribution in [0.15, 0.2) is 34.7 Å². The van der Waals surface area contributed by atoms with Gasteiger partial charge in [0.05, 0.1) is 0 Å². The van der Waals surface area contributed by atoms with Gasteiger partial charge in [-0.1, -0.05) is 23.7 Å². The second-order valence-corrected chi connectivity index (χ2v) is 3.64. The van der Waals surface area contributed by atoms with Crippen molar-refractivity contribution < 1.29 is 9.21 Å². The van der Waals surface area contributed by atoms with Crippen molar-refractivity contribution in [1.82, 2.24) is 0 Å². The highest BCUT2D eigenvalue weighted by atomic mass is 35.5. The number of aldehydes is 1. The van der Waals surface area contributed by atoms with Crippen LogP contribution in [0.1, 0.15) is 16.1 Å². The van der Waals surface area contributed by atoms with Crippen LogP contribution < -0.4 is 0 Å². The zero-order valence-corrected chi connectivity index (χ0v) is 8.91. The molecule has 2 rings (SSSR count). The molecule has 1 heterocycles. The molecule has 0 amide bonds. The number of carbonyl (C=O) groups excluding carboxylic acids is 1. The van der Waals surface area contributed by atoms with Crippen molar-refractivity contribution in [1.29, 1.82) is 0 Å². The van der Waals surface area contributed by atoms with Crippen LogP contribution in [0, 0.1) is 6.92 Å². The Labute approximate surface area is 92.5 Å². The third kappa shape index (κ3) is 1.81. The highest BCUT2D eigenvalue weighted by Gasteiger charge is 2.08. The molecular weight excluding hydrogens is 212 g/mol. The first-order valence-corrected chi connectivity index (χ1v) is 4.90. The predicted octanol–water partition coefficient (Wildman–Crippen LogP) is 3.72. The van der Waals surface area contributed by atoms with Crippen molar-refractivity contribution in [2.75, 3.05) is 0 Å². The topological polar surface area (TPSA) is 30.2 Å². The molecule has 0 aliphatic carbocycles. The van der Waals surface area contributed by atoms with Gasteiger partial charge in [-0.15, -0.1) is 0 Å². The summed E-state index contributed by atoms with van der Waals surface area (Å²) >= 11 is 5.99. The number of hydrogen-bond acceptors (Lipinski definition) is 2. The number of carbonyl (C=O) groups is 1. The minimum absolute atomic E-state index is 0.323. The van der Waals surface area contributed by atoms with E-state index in [4.69, 9.17) is 16.0 Å². The van der Waals surface area contributed by atoms with Crippen molar-refractivity contribution in [2.45, 2.75) is 6.92 Å². The zero-order chi connectivity index (χ0) is 10.8. The fourth-order valence-corrected chi connectivity index (χ4v) is 1.61. The van der Waals surface area contributed by atoms with Gasteiger partial charge in [0.15, 0.2) is 12.0 Å². The lowest BCUT2D eigenvalue weighted by molar-refractivity contribution is 0.110. The quantitative estimate of drug-likeness (QED) is 0.722. The summed E-state index contributed by atoms with van der Waals surface area (Å²) < 4.78 is 5.33. The van der Waals surface area contributed by atoms with E-state index in [9.17, 15) is 4.79 Å². The summed E-state index contributed by atoms with van der Waals surface area (Å²) in [5.74, 6) is 0.987. The maximum Gasteiger partial charge on any atom is 0.185 e. The van der Waals surface area contributed by atoms with E-state index in [1.807, 2.05) is 25.1 Å². The number of rotatable bonds is 2. The Morgan fingerprint density at radius 3 is 2.73 bits per heavy atom. The van der Waals surface area contributed by atoms with Gasteiger partial charge >= 0.3 is 0 Å². The van der Waals surface area contributed by atoms with Crippen LogP contribution in [-0.4, -0.2) is 6.29 Å². The normalized spacial score (nSPS) is 10.3. The van der Waals surface area contributed by atoms with Crippen molar-refractivity contribution in [2.24, 2.45) is 0 Å². The van der Waals surface area contributed by atoms with E-state index >= 15 is 0 Å². The third-order valence-corrected chi connectivity index (χ3v) is 2.69. The second-order valence-electron chi connectivity index (χ2n) is 3.23. The molecule has 76 valence electrons. The van der Waals surface area contributed by atoms with Gasteiger partial charge in [-0.25, -0.2) is 0 Å². The number of furan rings is 1. The first kappa shape index (κ1) is 9.99. The highest BCUT2D eigenvalue weighted by molar-refractivity contribution is 6.31. The molecule has 0 aliphatic rings. The lowest BCUT2D eigenvalue weighted by Gasteiger charge is -2.03. The monoisotopic (exact) mass is 220 g/mol. The molecule has 0 N–H and O–H groups in total. The molecule has 0 aliphatic heterocycles. The third-order valence-electron chi connectivity index (χ3n) is 2.28. The van der Waals surface area contributed by atoms with Crippen LogP contribution in [-0.2, 0) is 0 Å². The minimum Gasteiger partial charge on any atom is -0.453 e. The number of hydrogen-bond donors (Lipinski definition) is 0. The van der Waals surface area contributed by atoms with Gasteiger partial charge < -0.3 is 4.42 Å². The van der Waals surface area contributed by atoms with Gasteiger partial charge in [0.25, 0.3) is 0 Å². The molecular formula is C12H9ClO2. The molecule has 3 heteroatoms. The van der Waals surface area contributed by atoms with Crippen molar-refractivity contribution in [3.05, 3.63) is 46.7 Å². The van der Waals surface area contributed by atoms with E-state index in [2.05, 4.69) is 0 Å². The zero-order valence-electron chi connectivity index (χ0n) is 8.16. The second kappa shape index (κ2) is 3.91. The molecule has 15 heavy (non-hydrogen) atoms. The molecule has 0 unspecified atom stereocenters. The molecule has 0 atom stereocenters. The van der Waals surface area contributed by atoms with E-state index in [0.717, 1.165) is 11.1 Å². The highest BCUT2D eigenvalue weighted by Crippen LogP contribution is 2.29. The molecule has 2 nitrogen and oxygen atoms in total. The molecule has 0 saturated carbocycles. The van der Waals surface area contributed by atoms with E-state index in [1.165, 1.54) is 0 Å². The fourth-order valence-electron chi connectivity index (χ4n) is 1.44. The number of benzene rings is 1. The maximum absolute atomic E-state index is 10.5. The van der Waals surface area contributed by atoms with Gasteiger partial charge in [-0.05, 0) is 30.7 Å². The summed E-state index contributed by atoms with van der Waals surface area (Å²) in [6, 6.07) is 9.00. The largest absolute Gasteiger partial charge is 0.453 e. The smallest absolute Gasteiger partial charge is 0.185 e. The summed E-state index contributed by atoms with van der Waals surface area (Å²) in [4.78, 5) is 10.5. The van der Waals surface area contributed by atoms with Crippen LogP contribution in [0.3, 0.4) is 0 Å². The maximum atomic E-state index is 10.5. The van der Waals surface area contributed by atoms with E-state index in [-0.39, 0.29) is 0 Å². The van der Waals surface area contributed by atoms with E-state index in [1.54, 1.807) is 12.1 Å². The molecule has 0 bridgehead atoms. The van der Waals surface area contributed by atoms with Gasteiger partial charge in [0.2, 0.25) is 0 Å². The Hall–Kier alpha value is -1.54. The molecule has 0 saturated heterocycles. The molecule has 1 aromatic heterocycles. The van der Waals surface area contributed by atoms with Crippen molar-refractivity contribution in [3.8, 4) is 11.3 Å². The van der Waals surface area contributed by atoms with Crippen molar-refractivity contribution >= 4 is 17.9 Å². The van der Waals surface area contributed by atoms with Gasteiger partial charge in [0.1, 0.15) is 5.76 Å². The summed E-state index contributed by atoms with van der Waals surface area (Å²) in [5.41, 5.74) is 1.86. The summed E-state index contributed by atoms with van der Waals surface area (Å²) in [6.07, 6.45) is 0.684. The molecule has 1 aromatic carbocycles. The van der Waals surface area contributed by atoms with Gasteiger partial charge in [-0.3, -0.25) is 4.79 Å². The Kier molecular flexibility index (Phi) is 2.60. The predicted molar refractivity (Wildman–Crippen MR) is 59.3 cm³/mol. The number of halogens is 1. The van der Waals surface area contributed by atoms with Crippen LogP contribution in [0.2, 0.25) is 5.02 Å². The van der Waals surface area contributed by atoms with Crippen LogP contribution in [0.4, 0.5) is 0 Å². The Balaban J connectivity index is 2.53. The van der Waals surface area contributed by atoms with E-state index < -0.39 is 0 Å². The average molecular weight is 221 g/mol. The van der Waals surface area contributed by atoms with E-state index in [0.29, 0.717) is 22.8 Å². The standard InChI is InChI=1S/C12H9ClO2/c1-8-10(3-2-4-11(8)13)12-6-5-9(7-14)15-12/h2-7H,1H3. The first-order chi connectivity index (χ1) is 7.22. The fraction of sp³-hybridized carbons (Fsp3) is 0.0833. The summed E-state index contributed by atoms with van der Waals surface area (Å²) in [5, 5.41) is 0.691. The molecule has 2 aromatic rings. The molecule has 0 spiro atoms.